The highest BCUT2D eigenvalue weighted by Crippen LogP contribution is 2.25. The maximum atomic E-state index is 12.7. The summed E-state index contributed by atoms with van der Waals surface area (Å²) >= 11 is 0. The van der Waals surface area contributed by atoms with Gasteiger partial charge in [-0.2, -0.15) is 0 Å². The van der Waals surface area contributed by atoms with E-state index in [9.17, 15) is 4.79 Å². The molecule has 116 valence electrons. The molecule has 0 spiro atoms. The monoisotopic (exact) mass is 308 g/mol. The van der Waals surface area contributed by atoms with Gasteiger partial charge in [-0.1, -0.05) is 13.3 Å². The van der Waals surface area contributed by atoms with E-state index in [4.69, 9.17) is 0 Å². The molecule has 1 aromatic rings. The van der Waals surface area contributed by atoms with Crippen molar-refractivity contribution in [3.05, 3.63) is 29.3 Å². The van der Waals surface area contributed by atoms with Crippen molar-refractivity contribution < 1.29 is 4.79 Å². The normalized spacial score (nSPS) is 21.0. The van der Waals surface area contributed by atoms with Crippen LogP contribution in [-0.4, -0.2) is 30.4 Å². The highest BCUT2D eigenvalue weighted by molar-refractivity contribution is 5.95. The Kier molecular flexibility index (Phi) is 5.51. The van der Waals surface area contributed by atoms with Crippen LogP contribution in [0.3, 0.4) is 0 Å². The molecule has 3 rings (SSSR count). The van der Waals surface area contributed by atoms with E-state index >= 15 is 0 Å². The lowest BCUT2D eigenvalue weighted by atomic mass is 9.98. The van der Waals surface area contributed by atoms with E-state index in [0.29, 0.717) is 0 Å². The second-order valence-electron chi connectivity index (χ2n) is 6.05. The Bertz CT molecular complexity index is 504. The van der Waals surface area contributed by atoms with Crippen LogP contribution in [0.25, 0.3) is 0 Å². The molecule has 0 aliphatic carbocycles. The summed E-state index contributed by atoms with van der Waals surface area (Å²) in [5.74, 6) is 1.02. The van der Waals surface area contributed by atoms with Crippen molar-refractivity contribution >= 4 is 24.0 Å². The average molecular weight is 309 g/mol. The molecule has 1 unspecified atom stereocenters. The maximum Gasteiger partial charge on any atom is 0.253 e. The van der Waals surface area contributed by atoms with Crippen LogP contribution in [0.2, 0.25) is 0 Å². The van der Waals surface area contributed by atoms with Gasteiger partial charge in [-0.05, 0) is 55.4 Å². The first-order valence-electron chi connectivity index (χ1n) is 7.94. The molecule has 1 N–H and O–H groups in total. The summed E-state index contributed by atoms with van der Waals surface area (Å²) in [6, 6.07) is 6.11. The largest absolute Gasteiger partial charge is 0.384 e. The summed E-state index contributed by atoms with van der Waals surface area (Å²) in [6.45, 7) is 5.10. The topological polar surface area (TPSA) is 32.3 Å². The number of rotatable bonds is 2. The first kappa shape index (κ1) is 16.2. The zero-order valence-corrected chi connectivity index (χ0v) is 13.5. The summed E-state index contributed by atoms with van der Waals surface area (Å²) < 4.78 is 0. The van der Waals surface area contributed by atoms with Crippen LogP contribution in [0.4, 0.5) is 5.69 Å². The Labute approximate surface area is 133 Å². The second kappa shape index (κ2) is 7.17. The van der Waals surface area contributed by atoms with Crippen LogP contribution in [0.15, 0.2) is 18.2 Å². The van der Waals surface area contributed by atoms with Gasteiger partial charge >= 0.3 is 0 Å². The molecule has 0 radical (unpaired) electrons. The minimum absolute atomic E-state index is 0. The molecule has 3 nitrogen and oxygen atoms in total. The third kappa shape index (κ3) is 3.52. The van der Waals surface area contributed by atoms with Crippen molar-refractivity contribution in [1.82, 2.24) is 4.90 Å². The molecule has 1 atom stereocenters. The average Bonchev–Trinajstić information content (AvgIpc) is 2.81. The standard InChI is InChI=1S/C17H24N2O.ClH/c1-2-13-4-3-10-19(11-8-13)17(20)15-5-6-16-14(12-15)7-9-18-16;/h5-6,12-13,18H,2-4,7-11H2,1H3;1H. The van der Waals surface area contributed by atoms with Crippen molar-refractivity contribution in [2.45, 2.75) is 39.0 Å². The Balaban J connectivity index is 0.00000161. The summed E-state index contributed by atoms with van der Waals surface area (Å²) in [6.07, 6.45) is 5.86. The van der Waals surface area contributed by atoms with Gasteiger partial charge in [0.1, 0.15) is 0 Å². The van der Waals surface area contributed by atoms with Crippen LogP contribution in [-0.2, 0) is 6.42 Å². The lowest BCUT2D eigenvalue weighted by Crippen LogP contribution is -2.32. The molecule has 1 amide bonds. The van der Waals surface area contributed by atoms with Gasteiger partial charge in [0.05, 0.1) is 0 Å². The van der Waals surface area contributed by atoms with Crippen molar-refractivity contribution in [1.29, 1.82) is 0 Å². The van der Waals surface area contributed by atoms with E-state index < -0.39 is 0 Å². The molecule has 0 saturated carbocycles. The number of nitrogens with zero attached hydrogens (tertiary/aromatic N) is 1. The highest BCUT2D eigenvalue weighted by Gasteiger charge is 2.22. The third-order valence-corrected chi connectivity index (χ3v) is 4.77. The molecule has 4 heteroatoms. The minimum Gasteiger partial charge on any atom is -0.384 e. The van der Waals surface area contributed by atoms with E-state index in [1.54, 1.807) is 0 Å². The molecule has 2 heterocycles. The Morgan fingerprint density at radius 1 is 1.33 bits per heavy atom. The number of hydrogen-bond acceptors (Lipinski definition) is 2. The molecule has 2 aliphatic heterocycles. The first-order chi connectivity index (χ1) is 9.78. The quantitative estimate of drug-likeness (QED) is 0.903. The number of carbonyl (C=O) groups excluding carboxylic acids is 1. The molecular formula is C17H25ClN2O. The maximum absolute atomic E-state index is 12.7. The van der Waals surface area contributed by atoms with Crippen LogP contribution < -0.4 is 5.32 Å². The van der Waals surface area contributed by atoms with E-state index in [2.05, 4.69) is 29.3 Å². The van der Waals surface area contributed by atoms with Crippen LogP contribution >= 0.6 is 12.4 Å². The second-order valence-corrected chi connectivity index (χ2v) is 6.05. The summed E-state index contributed by atoms with van der Waals surface area (Å²) in [5.41, 5.74) is 3.35. The number of hydrogen-bond donors (Lipinski definition) is 1. The van der Waals surface area contributed by atoms with Gasteiger partial charge in [-0.3, -0.25) is 4.79 Å². The number of anilines is 1. The molecule has 1 fully saturated rings. The molecule has 2 aliphatic rings. The third-order valence-electron chi connectivity index (χ3n) is 4.77. The SMILES string of the molecule is CCC1CCCN(C(=O)c2ccc3c(c2)CCN3)CC1.Cl. The van der Waals surface area contributed by atoms with Gasteiger partial charge < -0.3 is 10.2 Å². The number of carbonyl (C=O) groups is 1. The smallest absolute Gasteiger partial charge is 0.253 e. The number of nitrogens with one attached hydrogen (secondary N) is 1. The van der Waals surface area contributed by atoms with Crippen LogP contribution in [0.1, 0.15) is 48.5 Å². The summed E-state index contributed by atoms with van der Waals surface area (Å²) in [7, 11) is 0. The number of halogens is 1. The van der Waals surface area contributed by atoms with Crippen molar-refractivity contribution in [3.8, 4) is 0 Å². The molecule has 21 heavy (non-hydrogen) atoms. The van der Waals surface area contributed by atoms with E-state index in [0.717, 1.165) is 50.4 Å². The summed E-state index contributed by atoms with van der Waals surface area (Å²) in [4.78, 5) is 14.7. The predicted octanol–water partition coefficient (Wildman–Crippen LogP) is 3.73. The number of likely N-dealkylation sites (tertiary alicyclic amines) is 1. The molecule has 1 saturated heterocycles. The lowest BCUT2D eigenvalue weighted by Gasteiger charge is -2.21. The zero-order valence-electron chi connectivity index (χ0n) is 12.7. The van der Waals surface area contributed by atoms with Gasteiger partial charge in [0.15, 0.2) is 0 Å². The fourth-order valence-corrected chi connectivity index (χ4v) is 3.40. The minimum atomic E-state index is 0. The fraction of sp³-hybridized carbons (Fsp3) is 0.588. The van der Waals surface area contributed by atoms with Gasteiger partial charge in [-0.25, -0.2) is 0 Å². The Morgan fingerprint density at radius 3 is 3.00 bits per heavy atom. The van der Waals surface area contributed by atoms with E-state index in [-0.39, 0.29) is 18.3 Å². The first-order valence-corrected chi connectivity index (χ1v) is 7.94. The number of benzene rings is 1. The Morgan fingerprint density at radius 2 is 2.19 bits per heavy atom. The zero-order chi connectivity index (χ0) is 13.9. The Hall–Kier alpha value is -1.22. The van der Waals surface area contributed by atoms with Crippen molar-refractivity contribution in [3.63, 3.8) is 0 Å². The van der Waals surface area contributed by atoms with Gasteiger partial charge in [0, 0.05) is 30.9 Å². The molecule has 0 aromatic heterocycles. The van der Waals surface area contributed by atoms with Crippen molar-refractivity contribution in [2.75, 3.05) is 25.0 Å². The number of fused-ring (bicyclic) bond motifs is 1. The number of amides is 1. The summed E-state index contributed by atoms with van der Waals surface area (Å²) in [5, 5.41) is 3.34. The fourth-order valence-electron chi connectivity index (χ4n) is 3.40. The van der Waals surface area contributed by atoms with Crippen LogP contribution in [0, 0.1) is 5.92 Å². The van der Waals surface area contributed by atoms with Gasteiger partial charge in [0.2, 0.25) is 0 Å². The molecule has 1 aromatic carbocycles. The van der Waals surface area contributed by atoms with Gasteiger partial charge in [0.25, 0.3) is 5.91 Å². The van der Waals surface area contributed by atoms with E-state index in [1.165, 1.54) is 24.1 Å². The lowest BCUT2D eigenvalue weighted by molar-refractivity contribution is 0.0760. The highest BCUT2D eigenvalue weighted by atomic mass is 35.5. The predicted molar refractivity (Wildman–Crippen MR) is 89.4 cm³/mol. The van der Waals surface area contributed by atoms with Crippen LogP contribution in [0.5, 0.6) is 0 Å². The van der Waals surface area contributed by atoms with Gasteiger partial charge in [-0.15, -0.1) is 12.4 Å². The van der Waals surface area contributed by atoms with Crippen molar-refractivity contribution in [2.24, 2.45) is 5.92 Å². The molecular weight excluding hydrogens is 284 g/mol. The molecule has 0 bridgehead atoms. The van der Waals surface area contributed by atoms with E-state index in [1.807, 2.05) is 6.07 Å².